The van der Waals surface area contributed by atoms with Crippen LogP contribution in [0.1, 0.15) is 20.8 Å². The molecule has 0 atom stereocenters. The van der Waals surface area contributed by atoms with Crippen LogP contribution >= 0.6 is 22.7 Å². The van der Waals surface area contributed by atoms with Crippen molar-refractivity contribution in [2.45, 2.75) is 26.4 Å². The Hall–Kier alpha value is -3.51. The van der Waals surface area contributed by atoms with Crippen molar-refractivity contribution in [3.8, 4) is 21.1 Å². The summed E-state index contributed by atoms with van der Waals surface area (Å²) in [5, 5.41) is 4.46. The van der Waals surface area contributed by atoms with Crippen molar-refractivity contribution in [3.05, 3.63) is 70.4 Å². The Bertz CT molecular complexity index is 1380. The molecule has 1 N–H and O–H groups in total. The molecule has 12 heteroatoms. The van der Waals surface area contributed by atoms with E-state index in [0.29, 0.717) is 0 Å². The third kappa shape index (κ3) is 5.77. The summed E-state index contributed by atoms with van der Waals surface area (Å²) < 4.78 is 60.4. The Labute approximate surface area is 205 Å². The van der Waals surface area contributed by atoms with E-state index in [1.54, 1.807) is 20.8 Å². The molecule has 0 fully saturated rings. The minimum absolute atomic E-state index is 0.0644. The highest BCUT2D eigenvalue weighted by atomic mass is 32.1. The number of ether oxygens (including phenoxy) is 1. The maximum atomic E-state index is 14.2. The van der Waals surface area contributed by atoms with Crippen LogP contribution in [-0.4, -0.2) is 21.7 Å². The molecule has 6 nitrogen and oxygen atoms in total. The van der Waals surface area contributed by atoms with Gasteiger partial charge in [-0.15, -0.1) is 22.7 Å². The van der Waals surface area contributed by atoms with Gasteiger partial charge in [-0.3, -0.25) is 5.43 Å². The molecular formula is C23H18F4N4O2S2. The lowest BCUT2D eigenvalue weighted by atomic mass is 10.2. The van der Waals surface area contributed by atoms with Crippen LogP contribution in [0.2, 0.25) is 0 Å². The zero-order valence-electron chi connectivity index (χ0n) is 18.6. The van der Waals surface area contributed by atoms with Crippen LogP contribution in [0.25, 0.3) is 21.1 Å². The lowest BCUT2D eigenvalue weighted by Crippen LogP contribution is -2.41. The monoisotopic (exact) mass is 522 g/mol. The Morgan fingerprint density at radius 3 is 1.97 bits per heavy atom. The van der Waals surface area contributed by atoms with Gasteiger partial charge in [0.2, 0.25) is 0 Å². The molecule has 2 aromatic heterocycles. The van der Waals surface area contributed by atoms with E-state index in [1.165, 1.54) is 22.9 Å². The molecule has 0 bridgehead atoms. The first-order chi connectivity index (χ1) is 16.5. The molecule has 0 aliphatic heterocycles. The topological polar surface area (TPSA) is 67.3 Å². The van der Waals surface area contributed by atoms with E-state index in [0.717, 1.165) is 51.9 Å². The molecule has 4 aromatic rings. The van der Waals surface area contributed by atoms with Gasteiger partial charge in [0.15, 0.2) is 11.6 Å². The summed E-state index contributed by atoms with van der Waals surface area (Å²) in [7, 11) is 0. The maximum Gasteiger partial charge on any atom is 0.435 e. The molecule has 4 rings (SSSR count). The first-order valence-electron chi connectivity index (χ1n) is 10.1. The molecule has 0 unspecified atom stereocenters. The Morgan fingerprint density at radius 2 is 1.43 bits per heavy atom. The predicted octanol–water partition coefficient (Wildman–Crippen LogP) is 7.26. The first kappa shape index (κ1) is 24.6. The fraction of sp³-hybridized carbons (Fsp3) is 0.174. The number of rotatable bonds is 5. The number of halogens is 4. The quantitative estimate of drug-likeness (QED) is 0.221. The van der Waals surface area contributed by atoms with Gasteiger partial charge in [0, 0.05) is 34.0 Å². The standard InChI is InChI=1S/C23H18F4N4O2S2/c1-23(2,3)33-22(32)31(19-11-35-21(29-19)15-7-5-13(25)9-17(15)27)30-18-10-34-20(28-18)14-6-4-12(24)8-16(14)26/h4-11,30H,1-3H3. The van der Waals surface area contributed by atoms with Crippen molar-refractivity contribution in [3.63, 3.8) is 0 Å². The van der Waals surface area contributed by atoms with Crippen LogP contribution in [0.4, 0.5) is 34.0 Å². The van der Waals surface area contributed by atoms with Crippen molar-refractivity contribution < 1.29 is 27.1 Å². The van der Waals surface area contributed by atoms with Crippen molar-refractivity contribution in [2.24, 2.45) is 0 Å². The van der Waals surface area contributed by atoms with E-state index in [-0.39, 0.29) is 32.8 Å². The number of benzene rings is 2. The van der Waals surface area contributed by atoms with E-state index in [9.17, 15) is 22.4 Å². The number of carbonyl (C=O) groups excluding carboxylic acids is 1. The second kappa shape index (κ2) is 9.62. The molecule has 0 aliphatic rings. The van der Waals surface area contributed by atoms with E-state index in [4.69, 9.17) is 4.74 Å². The molecule has 2 aromatic carbocycles. The second-order valence-corrected chi connectivity index (χ2v) is 9.94. The summed E-state index contributed by atoms with van der Waals surface area (Å²) in [4.78, 5) is 21.5. The minimum Gasteiger partial charge on any atom is -0.442 e. The molecule has 0 saturated carbocycles. The average molecular weight is 523 g/mol. The number of aromatic nitrogens is 2. The number of anilines is 2. The van der Waals surface area contributed by atoms with E-state index in [2.05, 4.69) is 15.4 Å². The van der Waals surface area contributed by atoms with Crippen LogP contribution in [0.3, 0.4) is 0 Å². The largest absolute Gasteiger partial charge is 0.442 e. The third-order valence-corrected chi connectivity index (χ3v) is 6.09. The van der Waals surface area contributed by atoms with Crippen molar-refractivity contribution >= 4 is 40.4 Å². The zero-order valence-corrected chi connectivity index (χ0v) is 20.2. The maximum absolute atomic E-state index is 14.2. The van der Waals surface area contributed by atoms with Crippen LogP contribution in [0.15, 0.2) is 47.2 Å². The lowest BCUT2D eigenvalue weighted by Gasteiger charge is -2.26. The van der Waals surface area contributed by atoms with Crippen LogP contribution in [0, 0.1) is 23.3 Å². The van der Waals surface area contributed by atoms with Gasteiger partial charge in [0.1, 0.15) is 38.9 Å². The highest BCUT2D eigenvalue weighted by molar-refractivity contribution is 7.13. The molecule has 0 radical (unpaired) electrons. The predicted molar refractivity (Wildman–Crippen MR) is 127 cm³/mol. The number of hydrogen-bond donors (Lipinski definition) is 1. The van der Waals surface area contributed by atoms with Crippen molar-refractivity contribution in [1.82, 2.24) is 9.97 Å². The second-order valence-electron chi connectivity index (χ2n) is 8.22. The Kier molecular flexibility index (Phi) is 6.77. The minimum atomic E-state index is -0.844. The SMILES string of the molecule is CC(C)(C)OC(=O)N(Nc1csc(-c2ccc(F)cc2F)n1)c1csc(-c2ccc(F)cc2F)n1. The smallest absolute Gasteiger partial charge is 0.435 e. The fourth-order valence-electron chi connectivity index (χ4n) is 2.88. The normalized spacial score (nSPS) is 11.4. The highest BCUT2D eigenvalue weighted by Crippen LogP contribution is 2.32. The summed E-state index contributed by atoms with van der Waals surface area (Å²) in [6.45, 7) is 5.05. The highest BCUT2D eigenvalue weighted by Gasteiger charge is 2.27. The van der Waals surface area contributed by atoms with Crippen LogP contribution in [0.5, 0.6) is 0 Å². The number of amides is 1. The third-order valence-electron chi connectivity index (χ3n) is 4.35. The molecule has 2 heterocycles. The molecule has 0 aliphatic carbocycles. The summed E-state index contributed by atoms with van der Waals surface area (Å²) in [5.74, 6) is -2.77. The van der Waals surface area contributed by atoms with E-state index >= 15 is 0 Å². The first-order valence-corrected chi connectivity index (χ1v) is 11.9. The number of thiazole rings is 2. The molecule has 0 saturated heterocycles. The number of carbonyl (C=O) groups is 1. The molecule has 35 heavy (non-hydrogen) atoms. The molecule has 1 amide bonds. The molecule has 182 valence electrons. The van der Waals surface area contributed by atoms with Crippen LogP contribution < -0.4 is 10.4 Å². The molecular weight excluding hydrogens is 504 g/mol. The zero-order chi connectivity index (χ0) is 25.3. The van der Waals surface area contributed by atoms with Crippen LogP contribution in [-0.2, 0) is 4.74 Å². The van der Waals surface area contributed by atoms with Gasteiger partial charge in [-0.25, -0.2) is 32.3 Å². The van der Waals surface area contributed by atoms with Crippen molar-refractivity contribution in [1.29, 1.82) is 0 Å². The molecule has 0 spiro atoms. The van der Waals surface area contributed by atoms with E-state index < -0.39 is 35.0 Å². The fourth-order valence-corrected chi connectivity index (χ4v) is 4.47. The van der Waals surface area contributed by atoms with Gasteiger partial charge in [0.25, 0.3) is 0 Å². The van der Waals surface area contributed by atoms with Crippen molar-refractivity contribution in [2.75, 3.05) is 10.4 Å². The van der Waals surface area contributed by atoms with Gasteiger partial charge < -0.3 is 4.74 Å². The summed E-state index contributed by atoms with van der Waals surface area (Å²) in [6, 6.07) is 6.24. The average Bonchev–Trinajstić information content (AvgIpc) is 3.40. The number of hydrazine groups is 1. The summed E-state index contributed by atoms with van der Waals surface area (Å²) >= 11 is 2.11. The van der Waals surface area contributed by atoms with Gasteiger partial charge in [-0.1, -0.05) is 0 Å². The summed E-state index contributed by atoms with van der Waals surface area (Å²) in [5.41, 5.74) is 2.09. The van der Waals surface area contributed by atoms with Gasteiger partial charge in [-0.2, -0.15) is 5.01 Å². The lowest BCUT2D eigenvalue weighted by molar-refractivity contribution is 0.0588. The van der Waals surface area contributed by atoms with E-state index in [1.807, 2.05) is 0 Å². The van der Waals surface area contributed by atoms with Gasteiger partial charge in [-0.05, 0) is 45.0 Å². The van der Waals surface area contributed by atoms with Gasteiger partial charge >= 0.3 is 6.09 Å². The summed E-state index contributed by atoms with van der Waals surface area (Å²) in [6.07, 6.45) is -0.823. The number of nitrogens with one attached hydrogen (secondary N) is 1. The number of nitrogens with zero attached hydrogens (tertiary/aromatic N) is 3. The Morgan fingerprint density at radius 1 is 0.886 bits per heavy atom. The van der Waals surface area contributed by atoms with Gasteiger partial charge in [0.05, 0.1) is 0 Å². The number of hydrogen-bond acceptors (Lipinski definition) is 7. The Balaban J connectivity index is 1.65.